The highest BCUT2D eigenvalue weighted by Crippen LogP contribution is 2.40. The van der Waals surface area contributed by atoms with Gasteiger partial charge in [-0.25, -0.2) is 9.18 Å². The Morgan fingerprint density at radius 2 is 1.80 bits per heavy atom. The Morgan fingerprint density at radius 1 is 1.06 bits per heavy atom. The second kappa shape index (κ2) is 9.53. The van der Waals surface area contributed by atoms with Gasteiger partial charge in [0.05, 0.1) is 25.3 Å². The summed E-state index contributed by atoms with van der Waals surface area (Å²) >= 11 is 3.43. The third-order valence-electron chi connectivity index (χ3n) is 6.01. The van der Waals surface area contributed by atoms with Crippen molar-refractivity contribution in [1.29, 1.82) is 0 Å². The maximum absolute atomic E-state index is 14.3. The summed E-state index contributed by atoms with van der Waals surface area (Å²) in [5.41, 5.74) is 1.72. The number of cyclic esters (lactones) is 1. The highest BCUT2D eigenvalue weighted by Gasteiger charge is 2.41. The first-order valence-corrected chi connectivity index (χ1v) is 11.6. The van der Waals surface area contributed by atoms with E-state index in [0.717, 1.165) is 16.6 Å². The highest BCUT2D eigenvalue weighted by molar-refractivity contribution is 9.10. The van der Waals surface area contributed by atoms with E-state index in [1.807, 2.05) is 12.1 Å². The molecule has 35 heavy (non-hydrogen) atoms. The van der Waals surface area contributed by atoms with E-state index in [2.05, 4.69) is 15.9 Å². The average Bonchev–Trinajstić information content (AvgIpc) is 3.06. The number of aryl methyl sites for hydroxylation is 1. The molecule has 1 amide bonds. The monoisotopic (exact) mass is 551 g/mol. The number of carbonyl (C=O) groups excluding carboxylic acids is 1. The summed E-state index contributed by atoms with van der Waals surface area (Å²) in [6.07, 6.45) is -6.11. The third kappa shape index (κ3) is 5.15. The van der Waals surface area contributed by atoms with Gasteiger partial charge >= 0.3 is 12.3 Å². The Bertz CT molecular complexity index is 1280. The van der Waals surface area contributed by atoms with Gasteiger partial charge in [0, 0.05) is 10.0 Å². The molecule has 4 nitrogen and oxygen atoms in total. The van der Waals surface area contributed by atoms with E-state index in [4.69, 9.17) is 9.47 Å². The minimum atomic E-state index is -4.52. The molecule has 0 unspecified atom stereocenters. The second-order valence-corrected chi connectivity index (χ2v) is 9.36. The summed E-state index contributed by atoms with van der Waals surface area (Å²) in [5.74, 6) is 0.0819. The van der Waals surface area contributed by atoms with Gasteiger partial charge in [0.15, 0.2) is 0 Å². The number of amides is 1. The molecule has 0 radical (unpaired) electrons. The number of rotatable bonds is 5. The molecule has 1 aliphatic heterocycles. The average molecular weight is 552 g/mol. The SMILES string of the molecule is COc1ccc(Br)cc1-c1ccc(F)cc1CN1C(=O)O[C@H](c2cc(C)cc(C(F)(F)F)c2)[C@@H]1C. The van der Waals surface area contributed by atoms with E-state index in [1.165, 1.54) is 24.1 Å². The van der Waals surface area contributed by atoms with E-state index >= 15 is 0 Å². The fourth-order valence-electron chi connectivity index (χ4n) is 4.33. The number of carbonyl (C=O) groups is 1. The van der Waals surface area contributed by atoms with E-state index in [-0.39, 0.29) is 12.1 Å². The summed E-state index contributed by atoms with van der Waals surface area (Å²) in [5, 5.41) is 0. The molecule has 3 aromatic carbocycles. The molecule has 2 atom stereocenters. The van der Waals surface area contributed by atoms with E-state index in [9.17, 15) is 22.4 Å². The van der Waals surface area contributed by atoms with Crippen LogP contribution in [-0.4, -0.2) is 24.1 Å². The van der Waals surface area contributed by atoms with Crippen molar-refractivity contribution in [2.45, 2.75) is 38.7 Å². The van der Waals surface area contributed by atoms with E-state index < -0.39 is 35.8 Å². The standard InChI is InChI=1S/C26H22BrF4NO3/c1-14-8-16(10-18(9-14)26(29,30)31)24-15(2)32(25(33)35-24)13-17-11-20(28)5-6-21(17)22-12-19(27)4-7-23(22)34-3/h4-12,15,24H,13H2,1-3H3/t15-,24-/m0/s1. The van der Waals surface area contributed by atoms with E-state index in [1.54, 1.807) is 32.0 Å². The van der Waals surface area contributed by atoms with Gasteiger partial charge in [-0.15, -0.1) is 0 Å². The molecule has 0 aliphatic carbocycles. The van der Waals surface area contributed by atoms with Crippen LogP contribution in [0.3, 0.4) is 0 Å². The van der Waals surface area contributed by atoms with Gasteiger partial charge < -0.3 is 9.47 Å². The van der Waals surface area contributed by atoms with Crippen LogP contribution in [0.5, 0.6) is 5.75 Å². The first kappa shape index (κ1) is 25.0. The molecule has 1 aliphatic rings. The van der Waals surface area contributed by atoms with Crippen molar-refractivity contribution in [3.8, 4) is 16.9 Å². The fourth-order valence-corrected chi connectivity index (χ4v) is 4.69. The van der Waals surface area contributed by atoms with Crippen LogP contribution in [0.2, 0.25) is 0 Å². The number of halogens is 5. The van der Waals surface area contributed by atoms with Crippen LogP contribution in [0.15, 0.2) is 59.1 Å². The van der Waals surface area contributed by atoms with Gasteiger partial charge in [-0.2, -0.15) is 13.2 Å². The summed E-state index contributed by atoms with van der Waals surface area (Å²) in [6, 6.07) is 12.7. The van der Waals surface area contributed by atoms with Crippen molar-refractivity contribution in [1.82, 2.24) is 4.90 Å². The van der Waals surface area contributed by atoms with Crippen molar-refractivity contribution in [2.75, 3.05) is 7.11 Å². The Labute approximate surface area is 208 Å². The highest BCUT2D eigenvalue weighted by atomic mass is 79.9. The van der Waals surface area contributed by atoms with Crippen molar-refractivity contribution in [3.05, 3.63) is 87.1 Å². The zero-order valence-electron chi connectivity index (χ0n) is 19.1. The van der Waals surface area contributed by atoms with Crippen LogP contribution < -0.4 is 4.74 Å². The third-order valence-corrected chi connectivity index (χ3v) is 6.50. The molecule has 0 saturated carbocycles. The fraction of sp³-hybridized carbons (Fsp3) is 0.269. The van der Waals surface area contributed by atoms with Gasteiger partial charge in [-0.3, -0.25) is 4.90 Å². The topological polar surface area (TPSA) is 38.8 Å². The van der Waals surface area contributed by atoms with Gasteiger partial charge in [-0.1, -0.05) is 33.6 Å². The predicted molar refractivity (Wildman–Crippen MR) is 126 cm³/mol. The summed E-state index contributed by atoms with van der Waals surface area (Å²) < 4.78 is 66.0. The molecule has 1 heterocycles. The van der Waals surface area contributed by atoms with Crippen LogP contribution in [0, 0.1) is 12.7 Å². The molecule has 1 saturated heterocycles. The molecule has 184 valence electrons. The Kier molecular flexibility index (Phi) is 6.81. The lowest BCUT2D eigenvalue weighted by atomic mass is 9.96. The molecular weight excluding hydrogens is 530 g/mol. The first-order chi connectivity index (χ1) is 16.5. The lowest BCUT2D eigenvalue weighted by Gasteiger charge is -2.23. The summed E-state index contributed by atoms with van der Waals surface area (Å²) in [6.45, 7) is 3.25. The summed E-state index contributed by atoms with van der Waals surface area (Å²) in [7, 11) is 1.53. The number of ether oxygens (including phenoxy) is 2. The molecule has 0 aromatic heterocycles. The number of methoxy groups -OCH3 is 1. The van der Waals surface area contributed by atoms with Crippen molar-refractivity contribution in [2.24, 2.45) is 0 Å². The molecule has 0 spiro atoms. The molecule has 4 rings (SSSR count). The Hall–Kier alpha value is -3.07. The van der Waals surface area contributed by atoms with Gasteiger partial charge in [0.1, 0.15) is 17.7 Å². The van der Waals surface area contributed by atoms with Crippen molar-refractivity contribution in [3.63, 3.8) is 0 Å². The van der Waals surface area contributed by atoms with Crippen LogP contribution in [0.4, 0.5) is 22.4 Å². The van der Waals surface area contributed by atoms with Crippen LogP contribution in [0.25, 0.3) is 11.1 Å². The second-order valence-electron chi connectivity index (χ2n) is 8.45. The minimum absolute atomic E-state index is 0.00277. The van der Waals surface area contributed by atoms with Gasteiger partial charge in [0.25, 0.3) is 0 Å². The first-order valence-electron chi connectivity index (χ1n) is 10.8. The quantitative estimate of drug-likeness (QED) is 0.305. The molecule has 0 bridgehead atoms. The maximum atomic E-state index is 14.3. The lowest BCUT2D eigenvalue weighted by Crippen LogP contribution is -2.31. The zero-order valence-corrected chi connectivity index (χ0v) is 20.7. The largest absolute Gasteiger partial charge is 0.496 e. The number of nitrogens with zero attached hydrogens (tertiary/aromatic N) is 1. The van der Waals surface area contributed by atoms with Crippen molar-refractivity contribution < 1.29 is 31.8 Å². The van der Waals surface area contributed by atoms with Crippen LogP contribution in [-0.2, 0) is 17.5 Å². The molecule has 1 fully saturated rings. The smallest absolute Gasteiger partial charge is 0.416 e. The van der Waals surface area contributed by atoms with Crippen LogP contribution in [0.1, 0.15) is 35.3 Å². The molecular formula is C26H22BrF4NO3. The van der Waals surface area contributed by atoms with Crippen molar-refractivity contribution >= 4 is 22.0 Å². The zero-order chi connectivity index (χ0) is 25.5. The molecule has 0 N–H and O–H groups in total. The van der Waals surface area contributed by atoms with Gasteiger partial charge in [0.2, 0.25) is 0 Å². The Balaban J connectivity index is 1.69. The Morgan fingerprint density at radius 3 is 2.49 bits per heavy atom. The number of hydrogen-bond acceptors (Lipinski definition) is 3. The summed E-state index contributed by atoms with van der Waals surface area (Å²) in [4.78, 5) is 14.2. The lowest BCUT2D eigenvalue weighted by molar-refractivity contribution is -0.137. The minimum Gasteiger partial charge on any atom is -0.496 e. The van der Waals surface area contributed by atoms with Gasteiger partial charge in [-0.05, 0) is 73.0 Å². The molecule has 9 heteroatoms. The number of benzene rings is 3. The molecule has 3 aromatic rings. The maximum Gasteiger partial charge on any atom is 0.416 e. The normalized spacial score (nSPS) is 18.1. The van der Waals surface area contributed by atoms with Crippen LogP contribution >= 0.6 is 15.9 Å². The number of hydrogen-bond donors (Lipinski definition) is 0. The van der Waals surface area contributed by atoms with E-state index in [0.29, 0.717) is 28.0 Å². The number of alkyl halides is 3. The predicted octanol–water partition coefficient (Wildman–Crippen LogP) is 7.67.